The summed E-state index contributed by atoms with van der Waals surface area (Å²) < 4.78 is 41.4. The SMILES string of the molecule is COc1cccc(C(O)CNC(=O)c2cc(S(N)(=O)=O)ccc2F)c1. The number of hydrogen-bond acceptors (Lipinski definition) is 5. The average Bonchev–Trinajstić information content (AvgIpc) is 2.58. The topological polar surface area (TPSA) is 119 Å². The number of primary sulfonamides is 1. The molecule has 25 heavy (non-hydrogen) atoms. The van der Waals surface area contributed by atoms with Crippen LogP contribution in [0.25, 0.3) is 0 Å². The van der Waals surface area contributed by atoms with Gasteiger partial charge in [0.05, 0.1) is 23.7 Å². The van der Waals surface area contributed by atoms with Crippen LogP contribution in [0, 0.1) is 5.82 Å². The number of aliphatic hydroxyl groups excluding tert-OH is 1. The molecule has 1 unspecified atom stereocenters. The summed E-state index contributed by atoms with van der Waals surface area (Å²) in [6, 6.07) is 9.26. The maximum Gasteiger partial charge on any atom is 0.254 e. The third-order valence-electron chi connectivity index (χ3n) is 3.45. The van der Waals surface area contributed by atoms with Crippen LogP contribution in [0.15, 0.2) is 47.4 Å². The first-order valence-electron chi connectivity index (χ1n) is 7.15. The van der Waals surface area contributed by atoms with Crippen LogP contribution in [0.4, 0.5) is 4.39 Å². The van der Waals surface area contributed by atoms with Gasteiger partial charge in [-0.25, -0.2) is 17.9 Å². The second kappa shape index (κ2) is 7.60. The van der Waals surface area contributed by atoms with Gasteiger partial charge in [-0.05, 0) is 35.9 Å². The fourth-order valence-corrected chi connectivity index (χ4v) is 2.65. The molecule has 4 N–H and O–H groups in total. The average molecular weight is 368 g/mol. The number of carbonyl (C=O) groups excluding carboxylic acids is 1. The fraction of sp³-hybridized carbons (Fsp3) is 0.188. The van der Waals surface area contributed by atoms with Crippen molar-refractivity contribution in [3.8, 4) is 5.75 Å². The summed E-state index contributed by atoms with van der Waals surface area (Å²) in [6.45, 7) is -0.203. The molecule has 0 aliphatic carbocycles. The van der Waals surface area contributed by atoms with Gasteiger partial charge in [-0.1, -0.05) is 12.1 Å². The number of halogens is 1. The van der Waals surface area contributed by atoms with E-state index in [1.807, 2.05) is 0 Å². The minimum Gasteiger partial charge on any atom is -0.497 e. The largest absolute Gasteiger partial charge is 0.497 e. The molecule has 7 nitrogen and oxygen atoms in total. The number of benzene rings is 2. The Morgan fingerprint density at radius 3 is 2.68 bits per heavy atom. The molecule has 0 saturated heterocycles. The van der Waals surface area contributed by atoms with Crippen molar-refractivity contribution in [3.05, 3.63) is 59.4 Å². The van der Waals surface area contributed by atoms with Gasteiger partial charge in [-0.15, -0.1) is 0 Å². The van der Waals surface area contributed by atoms with E-state index in [2.05, 4.69) is 5.32 Å². The van der Waals surface area contributed by atoms with Crippen LogP contribution in [0.3, 0.4) is 0 Å². The van der Waals surface area contributed by atoms with Crippen molar-refractivity contribution in [2.24, 2.45) is 5.14 Å². The third-order valence-corrected chi connectivity index (χ3v) is 4.36. The first-order valence-corrected chi connectivity index (χ1v) is 8.69. The van der Waals surface area contributed by atoms with Crippen LogP contribution in [0.2, 0.25) is 0 Å². The van der Waals surface area contributed by atoms with Crippen molar-refractivity contribution in [2.45, 2.75) is 11.0 Å². The molecule has 1 atom stereocenters. The van der Waals surface area contributed by atoms with Crippen LogP contribution in [-0.2, 0) is 10.0 Å². The van der Waals surface area contributed by atoms with Crippen molar-refractivity contribution >= 4 is 15.9 Å². The molecule has 0 aromatic heterocycles. The molecular formula is C16H17FN2O5S. The number of methoxy groups -OCH3 is 1. The van der Waals surface area contributed by atoms with Gasteiger partial charge in [-0.2, -0.15) is 0 Å². The van der Waals surface area contributed by atoms with Crippen molar-refractivity contribution in [1.29, 1.82) is 0 Å². The molecule has 2 rings (SSSR count). The molecule has 2 aromatic rings. The van der Waals surface area contributed by atoms with Crippen molar-refractivity contribution in [1.82, 2.24) is 5.32 Å². The first-order chi connectivity index (χ1) is 11.7. The lowest BCUT2D eigenvalue weighted by Crippen LogP contribution is -2.29. The zero-order valence-corrected chi connectivity index (χ0v) is 14.1. The number of aliphatic hydroxyl groups is 1. The van der Waals surface area contributed by atoms with E-state index in [1.165, 1.54) is 7.11 Å². The molecule has 2 aromatic carbocycles. The fourth-order valence-electron chi connectivity index (χ4n) is 2.11. The number of nitrogens with one attached hydrogen (secondary N) is 1. The molecular weight excluding hydrogens is 351 g/mol. The zero-order chi connectivity index (χ0) is 18.6. The first kappa shape index (κ1) is 18.8. The van der Waals surface area contributed by atoms with Gasteiger partial charge in [0.1, 0.15) is 11.6 Å². The second-order valence-electron chi connectivity index (χ2n) is 5.19. The lowest BCUT2D eigenvalue weighted by atomic mass is 10.1. The summed E-state index contributed by atoms with van der Waals surface area (Å²) in [6.07, 6.45) is -1.05. The molecule has 1 amide bonds. The summed E-state index contributed by atoms with van der Waals surface area (Å²) in [5, 5.41) is 17.4. The Labute approximate surface area is 144 Å². The zero-order valence-electron chi connectivity index (χ0n) is 13.3. The maximum absolute atomic E-state index is 13.8. The highest BCUT2D eigenvalue weighted by Gasteiger charge is 2.18. The molecule has 9 heteroatoms. The Bertz CT molecular complexity index is 886. The molecule has 0 fully saturated rings. The van der Waals surface area contributed by atoms with Gasteiger partial charge in [0.2, 0.25) is 10.0 Å². The van der Waals surface area contributed by atoms with Crippen LogP contribution in [0.5, 0.6) is 5.75 Å². The van der Waals surface area contributed by atoms with Crippen LogP contribution < -0.4 is 15.2 Å². The number of ether oxygens (including phenoxy) is 1. The highest BCUT2D eigenvalue weighted by Crippen LogP contribution is 2.19. The predicted molar refractivity (Wildman–Crippen MR) is 88.1 cm³/mol. The van der Waals surface area contributed by atoms with Gasteiger partial charge in [-0.3, -0.25) is 4.79 Å². The van der Waals surface area contributed by atoms with E-state index < -0.39 is 33.4 Å². The summed E-state index contributed by atoms with van der Waals surface area (Å²) in [7, 11) is -2.59. The molecule has 0 spiro atoms. The Morgan fingerprint density at radius 2 is 2.04 bits per heavy atom. The Kier molecular flexibility index (Phi) is 5.73. The van der Waals surface area contributed by atoms with Crippen LogP contribution in [0.1, 0.15) is 22.0 Å². The van der Waals surface area contributed by atoms with Gasteiger partial charge in [0.25, 0.3) is 5.91 Å². The van der Waals surface area contributed by atoms with E-state index in [9.17, 15) is 22.7 Å². The minimum atomic E-state index is -4.07. The van der Waals surface area contributed by atoms with Crippen molar-refractivity contribution in [2.75, 3.05) is 13.7 Å². The number of sulfonamides is 1. The van der Waals surface area contributed by atoms with E-state index in [1.54, 1.807) is 24.3 Å². The van der Waals surface area contributed by atoms with E-state index in [4.69, 9.17) is 9.88 Å². The molecule has 134 valence electrons. The second-order valence-corrected chi connectivity index (χ2v) is 6.75. The van der Waals surface area contributed by atoms with Gasteiger partial charge >= 0.3 is 0 Å². The monoisotopic (exact) mass is 368 g/mol. The van der Waals surface area contributed by atoms with Gasteiger partial charge in [0.15, 0.2) is 0 Å². The summed E-state index contributed by atoms with van der Waals surface area (Å²) in [4.78, 5) is 11.7. The van der Waals surface area contributed by atoms with Crippen LogP contribution in [-0.4, -0.2) is 33.1 Å². The summed E-state index contributed by atoms with van der Waals surface area (Å²) in [5.41, 5.74) is 0.0165. The molecule has 0 radical (unpaired) electrons. The highest BCUT2D eigenvalue weighted by atomic mass is 32.2. The maximum atomic E-state index is 13.8. The molecule has 0 aliphatic rings. The standard InChI is InChI=1S/C16H17FN2O5S/c1-24-11-4-2-3-10(7-11)15(20)9-19-16(21)13-8-12(25(18,22)23)5-6-14(13)17/h2-8,15,20H,9H2,1H3,(H,19,21)(H2,18,22,23). The van der Waals surface area contributed by atoms with Crippen molar-refractivity contribution in [3.63, 3.8) is 0 Å². The smallest absolute Gasteiger partial charge is 0.254 e. The Morgan fingerprint density at radius 1 is 1.32 bits per heavy atom. The van der Waals surface area contributed by atoms with E-state index in [0.29, 0.717) is 11.3 Å². The van der Waals surface area contributed by atoms with Gasteiger partial charge in [0, 0.05) is 6.54 Å². The van der Waals surface area contributed by atoms with E-state index in [0.717, 1.165) is 18.2 Å². The molecule has 0 bridgehead atoms. The molecule has 0 saturated carbocycles. The molecule has 0 aliphatic heterocycles. The van der Waals surface area contributed by atoms with Crippen molar-refractivity contribution < 1.29 is 27.4 Å². The minimum absolute atomic E-state index is 0.203. The quantitative estimate of drug-likeness (QED) is 0.701. The lowest BCUT2D eigenvalue weighted by molar-refractivity contribution is 0.0912. The summed E-state index contributed by atoms with van der Waals surface area (Å²) >= 11 is 0. The number of amides is 1. The number of nitrogens with two attached hydrogens (primary N) is 1. The Balaban J connectivity index is 2.12. The molecule has 0 heterocycles. The van der Waals surface area contributed by atoms with E-state index in [-0.39, 0.29) is 11.4 Å². The normalized spacial score (nSPS) is 12.5. The number of hydrogen-bond donors (Lipinski definition) is 3. The lowest BCUT2D eigenvalue weighted by Gasteiger charge is -2.14. The summed E-state index contributed by atoms with van der Waals surface area (Å²) in [5.74, 6) is -1.24. The van der Waals surface area contributed by atoms with E-state index >= 15 is 0 Å². The van der Waals surface area contributed by atoms with Gasteiger partial charge < -0.3 is 15.2 Å². The number of rotatable bonds is 6. The Hall–Kier alpha value is -2.49. The van der Waals surface area contributed by atoms with Crippen LogP contribution >= 0.6 is 0 Å². The predicted octanol–water partition coefficient (Wildman–Crippen LogP) is 0.945. The third kappa shape index (κ3) is 4.75. The highest BCUT2D eigenvalue weighted by molar-refractivity contribution is 7.89. The number of carbonyl (C=O) groups is 1.